The molecule has 2 fully saturated rings. The van der Waals surface area contributed by atoms with Crippen LogP contribution in [0, 0.1) is 23.7 Å². The van der Waals surface area contributed by atoms with Crippen LogP contribution in [-0.4, -0.2) is 19.4 Å². The minimum absolute atomic E-state index is 0.0614. The zero-order valence-electron chi connectivity index (χ0n) is 7.47. The molecule has 0 aromatic rings. The van der Waals surface area contributed by atoms with Crippen LogP contribution in [0.5, 0.6) is 0 Å². The Morgan fingerprint density at radius 2 is 2.23 bits per heavy atom. The molecule has 5 atom stereocenters. The second kappa shape index (κ2) is 2.35. The third-order valence-corrected chi connectivity index (χ3v) is 3.57. The Balaban J connectivity index is 1.97. The zero-order chi connectivity index (χ0) is 9.00. The number of methoxy groups -OCH3 is 1. The van der Waals surface area contributed by atoms with Gasteiger partial charge in [0, 0.05) is 13.0 Å². The Bertz CT molecular complexity index is 284. The number of carbonyl (C=O) groups is 1. The van der Waals surface area contributed by atoms with Crippen molar-refractivity contribution < 1.29 is 14.3 Å². The van der Waals surface area contributed by atoms with Gasteiger partial charge in [-0.3, -0.25) is 4.79 Å². The number of ether oxygens (including phenoxy) is 2. The lowest BCUT2D eigenvalue weighted by molar-refractivity contribution is -0.164. The van der Waals surface area contributed by atoms with E-state index < -0.39 is 0 Å². The first kappa shape index (κ1) is 7.56. The molecule has 70 valence electrons. The number of fused-ring (bicyclic) bond motifs is 5. The largest absolute Gasteiger partial charge is 0.435 e. The standard InChI is InChI=1S/C10H12O3/c1-12-10-8-6-3-2-5(4-6)7(8)9(11)13-10/h2-3,5-8,10H,4H2,1H3. The van der Waals surface area contributed by atoms with Crippen LogP contribution >= 0.6 is 0 Å². The van der Waals surface area contributed by atoms with Gasteiger partial charge in [-0.2, -0.15) is 0 Å². The Labute approximate surface area is 76.7 Å². The summed E-state index contributed by atoms with van der Waals surface area (Å²) in [5.41, 5.74) is 0. The summed E-state index contributed by atoms with van der Waals surface area (Å²) in [7, 11) is 1.61. The molecule has 1 aliphatic heterocycles. The molecule has 0 radical (unpaired) electrons. The topological polar surface area (TPSA) is 35.5 Å². The Hall–Kier alpha value is -0.830. The van der Waals surface area contributed by atoms with E-state index in [-0.39, 0.29) is 24.1 Å². The van der Waals surface area contributed by atoms with Gasteiger partial charge in [0.25, 0.3) is 0 Å². The van der Waals surface area contributed by atoms with E-state index in [0.717, 1.165) is 6.42 Å². The summed E-state index contributed by atoms with van der Waals surface area (Å²) in [5, 5.41) is 0. The number of hydrogen-bond acceptors (Lipinski definition) is 3. The van der Waals surface area contributed by atoms with Gasteiger partial charge in [0.2, 0.25) is 6.29 Å². The number of rotatable bonds is 1. The number of hydrogen-bond donors (Lipinski definition) is 0. The molecule has 2 aliphatic carbocycles. The summed E-state index contributed by atoms with van der Waals surface area (Å²) in [5.74, 6) is 1.23. The van der Waals surface area contributed by atoms with Crippen molar-refractivity contribution in [2.45, 2.75) is 12.7 Å². The van der Waals surface area contributed by atoms with E-state index >= 15 is 0 Å². The summed E-state index contributed by atoms with van der Waals surface area (Å²) >= 11 is 0. The molecule has 0 aromatic heterocycles. The van der Waals surface area contributed by atoms with Gasteiger partial charge in [0.05, 0.1) is 5.92 Å². The second-order valence-corrected chi connectivity index (χ2v) is 4.09. The third kappa shape index (κ3) is 0.804. The minimum Gasteiger partial charge on any atom is -0.435 e. The molecule has 1 saturated carbocycles. The summed E-state index contributed by atoms with van der Waals surface area (Å²) in [6.07, 6.45) is 5.19. The van der Waals surface area contributed by atoms with Gasteiger partial charge in [-0.05, 0) is 18.3 Å². The number of esters is 1. The van der Waals surface area contributed by atoms with E-state index in [2.05, 4.69) is 12.2 Å². The Kier molecular flexibility index (Phi) is 1.37. The molecule has 3 aliphatic rings. The van der Waals surface area contributed by atoms with Crippen LogP contribution < -0.4 is 0 Å². The van der Waals surface area contributed by atoms with E-state index in [4.69, 9.17) is 9.47 Å². The monoisotopic (exact) mass is 180 g/mol. The van der Waals surface area contributed by atoms with Crippen molar-refractivity contribution in [1.29, 1.82) is 0 Å². The van der Waals surface area contributed by atoms with Crippen molar-refractivity contribution in [2.24, 2.45) is 23.7 Å². The highest BCUT2D eigenvalue weighted by Gasteiger charge is 2.57. The van der Waals surface area contributed by atoms with Crippen LogP contribution in [0.2, 0.25) is 0 Å². The molecule has 5 unspecified atom stereocenters. The van der Waals surface area contributed by atoms with E-state index in [1.54, 1.807) is 7.11 Å². The predicted octanol–water partition coefficient (Wildman–Crippen LogP) is 0.954. The van der Waals surface area contributed by atoms with Gasteiger partial charge in [0.15, 0.2) is 0 Å². The van der Waals surface area contributed by atoms with Crippen molar-refractivity contribution in [1.82, 2.24) is 0 Å². The number of cyclic esters (lactones) is 1. The lowest BCUT2D eigenvalue weighted by atomic mass is 9.85. The van der Waals surface area contributed by atoms with Crippen LogP contribution in [-0.2, 0) is 14.3 Å². The average molecular weight is 180 g/mol. The van der Waals surface area contributed by atoms with Crippen LogP contribution in [0.25, 0.3) is 0 Å². The molecule has 0 amide bonds. The summed E-state index contributed by atoms with van der Waals surface area (Å²) < 4.78 is 10.3. The molecule has 2 bridgehead atoms. The van der Waals surface area contributed by atoms with Gasteiger partial charge < -0.3 is 9.47 Å². The number of allylic oxidation sites excluding steroid dienone is 2. The first-order chi connectivity index (χ1) is 6.31. The quantitative estimate of drug-likeness (QED) is 0.445. The SMILES string of the molecule is COC1OC(=O)C2C3C=CC(C3)C12. The van der Waals surface area contributed by atoms with Gasteiger partial charge >= 0.3 is 5.97 Å². The highest BCUT2D eigenvalue weighted by molar-refractivity contribution is 5.77. The number of carbonyl (C=O) groups excluding carboxylic acids is 1. The third-order valence-electron chi connectivity index (χ3n) is 3.57. The lowest BCUT2D eigenvalue weighted by Gasteiger charge is -2.20. The zero-order valence-corrected chi connectivity index (χ0v) is 7.47. The summed E-state index contributed by atoms with van der Waals surface area (Å²) in [6, 6.07) is 0. The van der Waals surface area contributed by atoms with E-state index in [9.17, 15) is 4.79 Å². The molecular formula is C10H12O3. The maximum absolute atomic E-state index is 11.5. The molecule has 0 aromatic carbocycles. The van der Waals surface area contributed by atoms with E-state index in [1.165, 1.54) is 0 Å². The van der Waals surface area contributed by atoms with Crippen molar-refractivity contribution in [3.05, 3.63) is 12.2 Å². The molecule has 3 nitrogen and oxygen atoms in total. The van der Waals surface area contributed by atoms with Crippen LogP contribution in [0.4, 0.5) is 0 Å². The molecule has 3 rings (SSSR count). The highest BCUT2D eigenvalue weighted by atomic mass is 16.7. The second-order valence-electron chi connectivity index (χ2n) is 4.09. The molecule has 0 N–H and O–H groups in total. The van der Waals surface area contributed by atoms with Crippen LogP contribution in [0.1, 0.15) is 6.42 Å². The maximum Gasteiger partial charge on any atom is 0.312 e. The molecule has 13 heavy (non-hydrogen) atoms. The molecule has 3 heteroatoms. The normalized spacial score (nSPS) is 51.2. The van der Waals surface area contributed by atoms with Gasteiger partial charge in [-0.15, -0.1) is 0 Å². The van der Waals surface area contributed by atoms with Crippen molar-refractivity contribution >= 4 is 5.97 Å². The van der Waals surface area contributed by atoms with E-state index in [0.29, 0.717) is 11.8 Å². The van der Waals surface area contributed by atoms with Crippen molar-refractivity contribution in [3.63, 3.8) is 0 Å². The maximum atomic E-state index is 11.5. The fourth-order valence-corrected chi connectivity index (χ4v) is 3.04. The highest BCUT2D eigenvalue weighted by Crippen LogP contribution is 2.53. The fraction of sp³-hybridized carbons (Fsp3) is 0.700. The van der Waals surface area contributed by atoms with Crippen LogP contribution in [0.15, 0.2) is 12.2 Å². The predicted molar refractivity (Wildman–Crippen MR) is 44.6 cm³/mol. The average Bonchev–Trinajstić information content (AvgIpc) is 2.76. The van der Waals surface area contributed by atoms with E-state index in [1.807, 2.05) is 0 Å². The van der Waals surface area contributed by atoms with Crippen LogP contribution in [0.3, 0.4) is 0 Å². The molecule has 1 saturated heterocycles. The first-order valence-electron chi connectivity index (χ1n) is 4.73. The van der Waals surface area contributed by atoms with Gasteiger partial charge in [-0.1, -0.05) is 12.2 Å². The van der Waals surface area contributed by atoms with Gasteiger partial charge in [0.1, 0.15) is 0 Å². The minimum atomic E-state index is -0.294. The Morgan fingerprint density at radius 1 is 1.46 bits per heavy atom. The van der Waals surface area contributed by atoms with Crippen molar-refractivity contribution in [2.75, 3.05) is 7.11 Å². The first-order valence-corrected chi connectivity index (χ1v) is 4.73. The smallest absolute Gasteiger partial charge is 0.312 e. The Morgan fingerprint density at radius 3 is 3.00 bits per heavy atom. The summed E-state index contributed by atoms with van der Waals surface area (Å²) in [6.45, 7) is 0. The van der Waals surface area contributed by atoms with Crippen molar-refractivity contribution in [3.8, 4) is 0 Å². The lowest BCUT2D eigenvalue weighted by Crippen LogP contribution is -2.25. The molecule has 1 heterocycles. The molecular weight excluding hydrogens is 168 g/mol. The molecule has 0 spiro atoms. The summed E-state index contributed by atoms with van der Waals surface area (Å²) in [4.78, 5) is 11.5. The fourth-order valence-electron chi connectivity index (χ4n) is 3.04. The van der Waals surface area contributed by atoms with Gasteiger partial charge in [-0.25, -0.2) is 0 Å².